The second-order valence-corrected chi connectivity index (χ2v) is 6.55. The van der Waals surface area contributed by atoms with E-state index >= 15 is 0 Å². The quantitative estimate of drug-likeness (QED) is 0.817. The van der Waals surface area contributed by atoms with Crippen LogP contribution in [0.4, 0.5) is 5.69 Å². The molecule has 0 fully saturated rings. The third kappa shape index (κ3) is 6.17. The van der Waals surface area contributed by atoms with E-state index in [0.29, 0.717) is 30.1 Å². The molecule has 2 amide bonds. The smallest absolute Gasteiger partial charge is 0.225 e. The molecule has 0 saturated heterocycles. The Kier molecular flexibility index (Phi) is 6.21. The van der Waals surface area contributed by atoms with Gasteiger partial charge in [0.05, 0.1) is 10.7 Å². The van der Waals surface area contributed by atoms with E-state index in [-0.39, 0.29) is 11.8 Å². The number of amides is 2. The summed E-state index contributed by atoms with van der Waals surface area (Å²) in [5, 5.41) is 6.12. The van der Waals surface area contributed by atoms with Gasteiger partial charge < -0.3 is 10.6 Å². The van der Waals surface area contributed by atoms with Gasteiger partial charge in [-0.25, -0.2) is 0 Å². The summed E-state index contributed by atoms with van der Waals surface area (Å²) in [5.74, 6) is -0.116. The fraction of sp³-hybridized carbons (Fsp3) is 0.500. The molecule has 0 saturated carbocycles. The largest absolute Gasteiger partial charge is 0.356 e. The van der Waals surface area contributed by atoms with Gasteiger partial charge in [0.1, 0.15) is 0 Å². The first kappa shape index (κ1) is 17.5. The summed E-state index contributed by atoms with van der Waals surface area (Å²) in [6.07, 6.45) is 0.936. The number of hydrogen-bond donors (Lipinski definition) is 2. The summed E-state index contributed by atoms with van der Waals surface area (Å²) in [5.41, 5.74) is 1.26. The second kappa shape index (κ2) is 7.46. The van der Waals surface area contributed by atoms with Crippen molar-refractivity contribution in [2.75, 3.05) is 11.9 Å². The van der Waals surface area contributed by atoms with Gasteiger partial charge in [0.25, 0.3) is 0 Å². The van der Waals surface area contributed by atoms with Crippen molar-refractivity contribution in [1.82, 2.24) is 5.32 Å². The fourth-order valence-corrected chi connectivity index (χ4v) is 1.93. The number of hydrogen-bond acceptors (Lipinski definition) is 2. The van der Waals surface area contributed by atoms with Crippen LogP contribution in [0, 0.1) is 12.3 Å². The lowest BCUT2D eigenvalue weighted by Crippen LogP contribution is -2.35. The molecule has 0 aliphatic heterocycles. The summed E-state index contributed by atoms with van der Waals surface area (Å²) in [6, 6.07) is 5.49. The van der Waals surface area contributed by atoms with Gasteiger partial charge in [-0.15, -0.1) is 0 Å². The lowest BCUT2D eigenvalue weighted by atomic mass is 9.96. The van der Waals surface area contributed by atoms with Crippen LogP contribution in [-0.2, 0) is 9.59 Å². The topological polar surface area (TPSA) is 58.2 Å². The van der Waals surface area contributed by atoms with E-state index in [2.05, 4.69) is 10.6 Å². The Morgan fingerprint density at radius 1 is 1.24 bits per heavy atom. The zero-order valence-electron chi connectivity index (χ0n) is 13.0. The molecular formula is C16H23ClN2O2. The van der Waals surface area contributed by atoms with Gasteiger partial charge >= 0.3 is 0 Å². The third-order valence-electron chi connectivity index (χ3n) is 2.95. The van der Waals surface area contributed by atoms with E-state index in [1.807, 2.05) is 33.8 Å². The van der Waals surface area contributed by atoms with Crippen LogP contribution in [0.2, 0.25) is 5.02 Å². The molecule has 4 nitrogen and oxygen atoms in total. The van der Waals surface area contributed by atoms with Gasteiger partial charge in [0.2, 0.25) is 11.8 Å². The molecule has 0 spiro atoms. The molecule has 1 aromatic rings. The van der Waals surface area contributed by atoms with E-state index in [4.69, 9.17) is 11.6 Å². The van der Waals surface area contributed by atoms with Gasteiger partial charge in [-0.1, -0.05) is 38.4 Å². The van der Waals surface area contributed by atoms with E-state index in [0.717, 1.165) is 5.56 Å². The Hall–Kier alpha value is -1.55. The van der Waals surface area contributed by atoms with Crippen molar-refractivity contribution in [3.8, 4) is 0 Å². The van der Waals surface area contributed by atoms with Crippen LogP contribution in [0.25, 0.3) is 0 Å². The van der Waals surface area contributed by atoms with Crippen LogP contribution >= 0.6 is 11.6 Å². The number of benzene rings is 1. The number of aryl methyl sites for hydroxylation is 1. The van der Waals surface area contributed by atoms with Crippen LogP contribution in [-0.4, -0.2) is 18.4 Å². The first-order valence-corrected chi connectivity index (χ1v) is 7.42. The van der Waals surface area contributed by atoms with Crippen molar-refractivity contribution in [1.29, 1.82) is 0 Å². The standard InChI is InChI=1S/C16H23ClN2O2/c1-11-7-8-13(12(17)10-11)19-14(20)6-5-9-18-15(21)16(2,3)4/h7-8,10H,5-6,9H2,1-4H3,(H,18,21)(H,19,20). The van der Waals surface area contributed by atoms with Crippen molar-refractivity contribution in [3.63, 3.8) is 0 Å². The van der Waals surface area contributed by atoms with Gasteiger partial charge in [-0.3, -0.25) is 9.59 Å². The number of rotatable bonds is 5. The molecule has 0 unspecified atom stereocenters. The summed E-state index contributed by atoms with van der Waals surface area (Å²) in [6.45, 7) is 8.00. The normalized spacial score (nSPS) is 11.1. The Morgan fingerprint density at radius 3 is 2.48 bits per heavy atom. The van der Waals surface area contributed by atoms with E-state index in [1.54, 1.807) is 12.1 Å². The number of anilines is 1. The van der Waals surface area contributed by atoms with E-state index in [1.165, 1.54) is 0 Å². The summed E-state index contributed by atoms with van der Waals surface area (Å²) in [4.78, 5) is 23.5. The van der Waals surface area contributed by atoms with Crippen LogP contribution in [0.3, 0.4) is 0 Å². The highest BCUT2D eigenvalue weighted by molar-refractivity contribution is 6.33. The zero-order chi connectivity index (χ0) is 16.0. The van der Waals surface area contributed by atoms with Crippen molar-refractivity contribution in [2.45, 2.75) is 40.5 Å². The average molecular weight is 311 g/mol. The van der Waals surface area contributed by atoms with E-state index < -0.39 is 5.41 Å². The molecule has 1 rings (SSSR count). The summed E-state index contributed by atoms with van der Waals surface area (Å²) < 4.78 is 0. The zero-order valence-corrected chi connectivity index (χ0v) is 13.8. The lowest BCUT2D eigenvalue weighted by molar-refractivity contribution is -0.128. The molecule has 0 aliphatic rings. The van der Waals surface area contributed by atoms with Gasteiger partial charge in [-0.2, -0.15) is 0 Å². The lowest BCUT2D eigenvalue weighted by Gasteiger charge is -2.17. The Morgan fingerprint density at radius 2 is 1.90 bits per heavy atom. The molecule has 0 atom stereocenters. The predicted octanol–water partition coefficient (Wildman–Crippen LogP) is 3.53. The summed E-state index contributed by atoms with van der Waals surface area (Å²) >= 11 is 6.05. The third-order valence-corrected chi connectivity index (χ3v) is 3.26. The van der Waals surface area contributed by atoms with Crippen molar-refractivity contribution in [3.05, 3.63) is 28.8 Å². The van der Waals surface area contributed by atoms with Crippen LogP contribution in [0.5, 0.6) is 0 Å². The molecule has 0 heterocycles. The molecule has 0 aromatic heterocycles. The molecule has 1 aromatic carbocycles. The van der Waals surface area contributed by atoms with Crippen LogP contribution in [0.15, 0.2) is 18.2 Å². The van der Waals surface area contributed by atoms with Gasteiger partial charge in [0.15, 0.2) is 0 Å². The average Bonchev–Trinajstić information content (AvgIpc) is 2.36. The highest BCUT2D eigenvalue weighted by Gasteiger charge is 2.20. The fourth-order valence-electron chi connectivity index (χ4n) is 1.65. The Balaban J connectivity index is 2.33. The van der Waals surface area contributed by atoms with E-state index in [9.17, 15) is 9.59 Å². The first-order chi connectivity index (χ1) is 9.70. The maximum atomic E-state index is 11.8. The molecule has 21 heavy (non-hydrogen) atoms. The highest BCUT2D eigenvalue weighted by Crippen LogP contribution is 2.22. The minimum Gasteiger partial charge on any atom is -0.356 e. The number of carbonyl (C=O) groups is 2. The van der Waals surface area contributed by atoms with Gasteiger partial charge in [0, 0.05) is 18.4 Å². The van der Waals surface area contributed by atoms with Crippen molar-refractivity contribution in [2.24, 2.45) is 5.41 Å². The van der Waals surface area contributed by atoms with Crippen molar-refractivity contribution >= 4 is 29.1 Å². The predicted molar refractivity (Wildman–Crippen MR) is 86.5 cm³/mol. The maximum absolute atomic E-state index is 11.8. The van der Waals surface area contributed by atoms with Gasteiger partial charge in [-0.05, 0) is 31.0 Å². The highest BCUT2D eigenvalue weighted by atomic mass is 35.5. The molecule has 0 radical (unpaired) electrons. The minimum atomic E-state index is -0.405. The molecule has 116 valence electrons. The SMILES string of the molecule is Cc1ccc(NC(=O)CCCNC(=O)C(C)(C)C)c(Cl)c1. The number of nitrogens with one attached hydrogen (secondary N) is 2. The van der Waals surface area contributed by atoms with Crippen LogP contribution < -0.4 is 10.6 Å². The monoisotopic (exact) mass is 310 g/mol. The molecule has 5 heteroatoms. The minimum absolute atomic E-state index is 0.00973. The van der Waals surface area contributed by atoms with Crippen LogP contribution in [0.1, 0.15) is 39.2 Å². The first-order valence-electron chi connectivity index (χ1n) is 7.04. The number of carbonyl (C=O) groups excluding carboxylic acids is 2. The Labute approximate surface area is 131 Å². The molecule has 2 N–H and O–H groups in total. The molecular weight excluding hydrogens is 288 g/mol. The Bertz CT molecular complexity index is 521. The molecule has 0 aliphatic carbocycles. The number of halogens is 1. The van der Waals surface area contributed by atoms with Crippen molar-refractivity contribution < 1.29 is 9.59 Å². The maximum Gasteiger partial charge on any atom is 0.225 e. The summed E-state index contributed by atoms with van der Waals surface area (Å²) in [7, 11) is 0. The molecule has 0 bridgehead atoms. The second-order valence-electron chi connectivity index (χ2n) is 6.14.